The van der Waals surface area contributed by atoms with Crippen molar-refractivity contribution in [2.45, 2.75) is 12.5 Å². The average molecular weight is 238 g/mol. The van der Waals surface area contributed by atoms with Crippen molar-refractivity contribution >= 4 is 23.4 Å². The molecule has 1 aromatic rings. The number of oxime groups is 1. The number of nitrogens with one attached hydrogen (secondary N) is 1. The number of carboxylic acid groups (broad SMARTS) is 1. The summed E-state index contributed by atoms with van der Waals surface area (Å²) in [6.45, 7) is 0. The molecule has 1 aliphatic heterocycles. The molecule has 0 saturated carbocycles. The van der Waals surface area contributed by atoms with Crippen LogP contribution in [-0.4, -0.2) is 38.6 Å². The Bertz CT molecular complexity index is 493. The van der Waals surface area contributed by atoms with Crippen LogP contribution >= 0.6 is 0 Å². The van der Waals surface area contributed by atoms with Crippen molar-refractivity contribution in [2.75, 3.05) is 5.32 Å². The normalized spacial score (nSPS) is 18.4. The van der Waals surface area contributed by atoms with Gasteiger partial charge in [-0.25, -0.2) is 4.79 Å². The fraction of sp³-hybridized carbons (Fsp3) is 0.333. The maximum absolute atomic E-state index is 11.7. The number of nitrogens with zero attached hydrogens (tertiary/aromatic N) is 3. The van der Waals surface area contributed by atoms with E-state index in [0.29, 0.717) is 5.82 Å². The van der Waals surface area contributed by atoms with E-state index >= 15 is 0 Å². The Labute approximate surface area is 95.9 Å². The van der Waals surface area contributed by atoms with Crippen molar-refractivity contribution in [3.05, 3.63) is 12.3 Å². The molecule has 1 atom stereocenters. The molecule has 0 saturated heterocycles. The van der Waals surface area contributed by atoms with Crippen LogP contribution in [0.25, 0.3) is 0 Å². The van der Waals surface area contributed by atoms with Gasteiger partial charge in [0.05, 0.1) is 6.20 Å². The average Bonchev–Trinajstić information content (AvgIpc) is 2.88. The van der Waals surface area contributed by atoms with Crippen LogP contribution < -0.4 is 5.32 Å². The first-order valence-electron chi connectivity index (χ1n) is 4.83. The van der Waals surface area contributed by atoms with E-state index in [1.54, 1.807) is 13.1 Å². The van der Waals surface area contributed by atoms with E-state index in [4.69, 9.17) is 9.94 Å². The van der Waals surface area contributed by atoms with Crippen molar-refractivity contribution in [1.29, 1.82) is 0 Å². The zero-order valence-electron chi connectivity index (χ0n) is 8.95. The lowest BCUT2D eigenvalue weighted by molar-refractivity contribution is -0.129. The van der Waals surface area contributed by atoms with Crippen LogP contribution in [0, 0.1) is 0 Å². The number of hydrogen-bond donors (Lipinski definition) is 2. The second-order valence-corrected chi connectivity index (χ2v) is 3.47. The van der Waals surface area contributed by atoms with Crippen LogP contribution in [0.5, 0.6) is 0 Å². The Kier molecular flexibility index (Phi) is 2.77. The molecule has 1 aliphatic rings. The number of carboxylic acids is 1. The Balaban J connectivity index is 1.96. The van der Waals surface area contributed by atoms with E-state index in [1.165, 1.54) is 10.9 Å². The number of carbonyl (C=O) groups is 2. The first-order valence-corrected chi connectivity index (χ1v) is 4.83. The van der Waals surface area contributed by atoms with Crippen molar-refractivity contribution in [1.82, 2.24) is 9.78 Å². The first-order chi connectivity index (χ1) is 8.08. The first kappa shape index (κ1) is 11.1. The van der Waals surface area contributed by atoms with Gasteiger partial charge in [-0.2, -0.15) is 5.10 Å². The van der Waals surface area contributed by atoms with Gasteiger partial charge in [0.2, 0.25) is 6.10 Å². The highest BCUT2D eigenvalue weighted by Crippen LogP contribution is 2.13. The third-order valence-corrected chi connectivity index (χ3v) is 2.28. The third-order valence-electron chi connectivity index (χ3n) is 2.28. The van der Waals surface area contributed by atoms with Gasteiger partial charge in [-0.1, -0.05) is 5.16 Å². The van der Waals surface area contributed by atoms with E-state index in [9.17, 15) is 9.59 Å². The molecule has 1 aromatic heterocycles. The van der Waals surface area contributed by atoms with E-state index in [1.807, 2.05) is 0 Å². The van der Waals surface area contributed by atoms with Crippen LogP contribution in [0.2, 0.25) is 0 Å². The minimum Gasteiger partial charge on any atom is -0.477 e. The Morgan fingerprint density at radius 3 is 2.94 bits per heavy atom. The summed E-state index contributed by atoms with van der Waals surface area (Å²) in [5.74, 6) is -1.13. The van der Waals surface area contributed by atoms with Gasteiger partial charge in [-0.05, 0) is 0 Å². The number of hydrogen-bond acceptors (Lipinski definition) is 5. The molecule has 8 heteroatoms. The minimum absolute atomic E-state index is 0.0426. The van der Waals surface area contributed by atoms with Gasteiger partial charge >= 0.3 is 5.97 Å². The van der Waals surface area contributed by atoms with E-state index in [2.05, 4.69) is 15.6 Å². The molecule has 8 nitrogen and oxygen atoms in total. The van der Waals surface area contributed by atoms with Gasteiger partial charge in [-0.15, -0.1) is 0 Å². The molecular formula is C9H10N4O4. The summed E-state index contributed by atoms with van der Waals surface area (Å²) in [5.41, 5.74) is -0.157. The summed E-state index contributed by atoms with van der Waals surface area (Å²) in [6, 6.07) is 1.62. The maximum Gasteiger partial charge on any atom is 0.353 e. The molecule has 0 spiro atoms. The van der Waals surface area contributed by atoms with Crippen LogP contribution in [0.15, 0.2) is 17.4 Å². The molecule has 0 radical (unpaired) electrons. The monoisotopic (exact) mass is 238 g/mol. The second-order valence-electron chi connectivity index (χ2n) is 3.47. The molecule has 1 amide bonds. The second kappa shape index (κ2) is 4.24. The van der Waals surface area contributed by atoms with Crippen LogP contribution in [-0.2, 0) is 21.5 Å². The molecular weight excluding hydrogens is 228 g/mol. The van der Waals surface area contributed by atoms with Gasteiger partial charge < -0.3 is 15.3 Å². The highest BCUT2D eigenvalue weighted by molar-refractivity contribution is 6.36. The van der Waals surface area contributed by atoms with Gasteiger partial charge in [0, 0.05) is 19.5 Å². The fourth-order valence-electron chi connectivity index (χ4n) is 1.35. The number of anilines is 1. The maximum atomic E-state index is 11.7. The highest BCUT2D eigenvalue weighted by Gasteiger charge is 2.31. The Hall–Kier alpha value is -2.38. The SMILES string of the molecule is Cn1nccc1NC(=O)C1CC(C(=O)O)=NO1. The molecule has 90 valence electrons. The predicted molar refractivity (Wildman–Crippen MR) is 56.4 cm³/mol. The molecule has 1 unspecified atom stereocenters. The van der Waals surface area contributed by atoms with Gasteiger partial charge in [-0.3, -0.25) is 9.48 Å². The number of amides is 1. The lowest BCUT2D eigenvalue weighted by Gasteiger charge is -2.08. The van der Waals surface area contributed by atoms with Crippen LogP contribution in [0.1, 0.15) is 6.42 Å². The summed E-state index contributed by atoms with van der Waals surface area (Å²) in [4.78, 5) is 27.0. The van der Waals surface area contributed by atoms with Crippen molar-refractivity contribution in [2.24, 2.45) is 12.2 Å². The van der Waals surface area contributed by atoms with E-state index < -0.39 is 18.0 Å². The van der Waals surface area contributed by atoms with Crippen LogP contribution in [0.3, 0.4) is 0 Å². The summed E-state index contributed by atoms with van der Waals surface area (Å²) in [5, 5.41) is 18.4. The highest BCUT2D eigenvalue weighted by atomic mass is 16.6. The lowest BCUT2D eigenvalue weighted by atomic mass is 10.2. The number of aromatic nitrogens is 2. The van der Waals surface area contributed by atoms with Crippen molar-refractivity contribution in [3.63, 3.8) is 0 Å². The number of aryl methyl sites for hydroxylation is 1. The summed E-state index contributed by atoms with van der Waals surface area (Å²) in [6.07, 6.45) is 0.583. The molecule has 2 N–H and O–H groups in total. The molecule has 17 heavy (non-hydrogen) atoms. The number of carbonyl (C=O) groups excluding carboxylic acids is 1. The van der Waals surface area contributed by atoms with Crippen molar-refractivity contribution in [3.8, 4) is 0 Å². The van der Waals surface area contributed by atoms with Crippen molar-refractivity contribution < 1.29 is 19.5 Å². The Morgan fingerprint density at radius 2 is 2.41 bits per heavy atom. The molecule has 0 aliphatic carbocycles. The fourth-order valence-corrected chi connectivity index (χ4v) is 1.35. The molecule has 0 fully saturated rings. The summed E-state index contributed by atoms with van der Waals surface area (Å²) >= 11 is 0. The number of aliphatic carboxylic acids is 1. The largest absolute Gasteiger partial charge is 0.477 e. The standard InChI is InChI=1S/C9H10N4O4/c1-13-7(2-3-10-13)11-8(14)6-4-5(9(15)16)12-17-6/h2-3,6H,4H2,1H3,(H,11,14)(H,15,16). The zero-order chi connectivity index (χ0) is 12.4. The quantitative estimate of drug-likeness (QED) is 0.744. The van der Waals surface area contributed by atoms with Gasteiger partial charge in [0.1, 0.15) is 5.82 Å². The molecule has 0 bridgehead atoms. The topological polar surface area (TPSA) is 106 Å². The van der Waals surface area contributed by atoms with Gasteiger partial charge in [0.25, 0.3) is 5.91 Å². The smallest absolute Gasteiger partial charge is 0.353 e. The molecule has 2 heterocycles. The van der Waals surface area contributed by atoms with E-state index in [0.717, 1.165) is 0 Å². The van der Waals surface area contributed by atoms with E-state index in [-0.39, 0.29) is 12.1 Å². The predicted octanol–water partition coefficient (Wildman–Crippen LogP) is -0.412. The molecule has 2 rings (SSSR count). The zero-order valence-corrected chi connectivity index (χ0v) is 8.95. The Morgan fingerprint density at radius 1 is 1.65 bits per heavy atom. The third kappa shape index (κ3) is 2.25. The van der Waals surface area contributed by atoms with Gasteiger partial charge in [0.15, 0.2) is 5.71 Å². The van der Waals surface area contributed by atoms with Crippen LogP contribution in [0.4, 0.5) is 5.82 Å². The lowest BCUT2D eigenvalue weighted by Crippen LogP contribution is -2.29. The minimum atomic E-state index is -1.18. The molecule has 0 aromatic carbocycles. The number of rotatable bonds is 3. The summed E-state index contributed by atoms with van der Waals surface area (Å²) in [7, 11) is 1.67. The summed E-state index contributed by atoms with van der Waals surface area (Å²) < 4.78 is 1.48.